The van der Waals surface area contributed by atoms with Gasteiger partial charge in [-0.05, 0) is 47.7 Å². The van der Waals surface area contributed by atoms with Gasteiger partial charge >= 0.3 is 12.0 Å². The molecule has 0 radical (unpaired) electrons. The molecule has 0 spiro atoms. The highest BCUT2D eigenvalue weighted by atomic mass is 16.5. The van der Waals surface area contributed by atoms with Crippen molar-refractivity contribution in [1.82, 2.24) is 10.2 Å². The van der Waals surface area contributed by atoms with E-state index >= 15 is 0 Å². The van der Waals surface area contributed by atoms with E-state index in [-0.39, 0.29) is 11.6 Å². The summed E-state index contributed by atoms with van der Waals surface area (Å²) in [7, 11) is 9.08. The molecule has 1 aliphatic rings. The van der Waals surface area contributed by atoms with Gasteiger partial charge in [0.2, 0.25) is 5.75 Å². The molecule has 9 heteroatoms. The second-order valence-corrected chi connectivity index (χ2v) is 7.73. The predicted octanol–water partition coefficient (Wildman–Crippen LogP) is 2.78. The van der Waals surface area contributed by atoms with Crippen molar-refractivity contribution in [2.24, 2.45) is 0 Å². The smallest absolute Gasteiger partial charge is 0.341 e. The van der Waals surface area contributed by atoms with Crippen LogP contribution in [0.15, 0.2) is 29.1 Å². The summed E-state index contributed by atoms with van der Waals surface area (Å²) in [5, 5.41) is 2.98. The van der Waals surface area contributed by atoms with Crippen molar-refractivity contribution in [3.8, 4) is 28.4 Å². The first kappa shape index (κ1) is 23.9. The quantitative estimate of drug-likeness (QED) is 0.690. The van der Waals surface area contributed by atoms with Gasteiger partial charge in [-0.1, -0.05) is 6.07 Å². The SMILES string of the molecule is COC(=O)c1ccc2c(cc1=O)[C@@H](NC(=O)N(C)C)CCc1cc(OC)c(OC)c(OC)c1-2. The topological polar surface area (TPSA) is 103 Å². The average molecular weight is 456 g/mol. The first-order chi connectivity index (χ1) is 15.8. The Morgan fingerprint density at radius 2 is 1.70 bits per heavy atom. The minimum atomic E-state index is -0.737. The largest absolute Gasteiger partial charge is 0.493 e. The number of benzene rings is 1. The average Bonchev–Trinajstić information content (AvgIpc) is 3.06. The zero-order chi connectivity index (χ0) is 24.3. The van der Waals surface area contributed by atoms with Crippen LogP contribution in [-0.4, -0.2) is 59.4 Å². The van der Waals surface area contributed by atoms with Crippen molar-refractivity contribution < 1.29 is 28.5 Å². The van der Waals surface area contributed by atoms with Gasteiger partial charge in [0, 0.05) is 19.7 Å². The van der Waals surface area contributed by atoms with Gasteiger partial charge in [-0.3, -0.25) is 4.79 Å². The maximum Gasteiger partial charge on any atom is 0.341 e. The van der Waals surface area contributed by atoms with Gasteiger partial charge in [0.1, 0.15) is 5.56 Å². The molecule has 9 nitrogen and oxygen atoms in total. The number of carbonyl (C=O) groups excluding carboxylic acids is 2. The molecule has 1 atom stereocenters. The lowest BCUT2D eigenvalue weighted by molar-refractivity contribution is 0.0599. The molecule has 0 fully saturated rings. The van der Waals surface area contributed by atoms with Crippen LogP contribution in [0.25, 0.3) is 11.1 Å². The maximum atomic E-state index is 13.0. The van der Waals surface area contributed by atoms with Crippen LogP contribution in [0, 0.1) is 0 Å². The molecule has 0 unspecified atom stereocenters. The summed E-state index contributed by atoms with van der Waals surface area (Å²) in [6.07, 6.45) is 1.08. The van der Waals surface area contributed by atoms with Crippen LogP contribution in [0.4, 0.5) is 4.79 Å². The molecule has 0 saturated heterocycles. The Kier molecular flexibility index (Phi) is 7.10. The molecule has 2 aromatic rings. The van der Waals surface area contributed by atoms with Crippen LogP contribution in [0.3, 0.4) is 0 Å². The van der Waals surface area contributed by atoms with Crippen molar-refractivity contribution in [2.45, 2.75) is 18.9 Å². The second-order valence-electron chi connectivity index (χ2n) is 7.73. The van der Waals surface area contributed by atoms with Crippen LogP contribution in [-0.2, 0) is 11.2 Å². The lowest BCUT2D eigenvalue weighted by Gasteiger charge is -2.21. The van der Waals surface area contributed by atoms with Gasteiger partial charge < -0.3 is 29.2 Å². The fourth-order valence-corrected chi connectivity index (χ4v) is 4.02. The van der Waals surface area contributed by atoms with Gasteiger partial charge in [0.05, 0.1) is 34.5 Å². The Morgan fingerprint density at radius 3 is 2.27 bits per heavy atom. The highest BCUT2D eigenvalue weighted by Crippen LogP contribution is 2.50. The fourth-order valence-electron chi connectivity index (χ4n) is 4.02. The van der Waals surface area contributed by atoms with Crippen LogP contribution in [0.2, 0.25) is 0 Å². The van der Waals surface area contributed by atoms with Crippen LogP contribution in [0.1, 0.15) is 33.9 Å². The number of nitrogens with zero attached hydrogens (tertiary/aromatic N) is 1. The van der Waals surface area contributed by atoms with Crippen LogP contribution in [0.5, 0.6) is 17.2 Å². The summed E-state index contributed by atoms with van der Waals surface area (Å²) in [4.78, 5) is 39.1. The zero-order valence-electron chi connectivity index (χ0n) is 19.6. The first-order valence-corrected chi connectivity index (χ1v) is 10.3. The van der Waals surface area contributed by atoms with Crippen molar-refractivity contribution in [1.29, 1.82) is 0 Å². The standard InChI is InChI=1S/C24H28N2O7/c1-26(2)24(29)25-17-10-7-13-11-19(30-3)21(31-4)22(32-5)20(13)14-8-9-15(23(28)33-6)18(27)12-16(14)17/h8-9,11-12,17H,7,10H2,1-6H3,(H,25,29)/t17-/m0/s1. The minimum Gasteiger partial charge on any atom is -0.493 e. The zero-order valence-corrected chi connectivity index (χ0v) is 19.6. The monoisotopic (exact) mass is 456 g/mol. The number of rotatable bonds is 5. The highest BCUT2D eigenvalue weighted by molar-refractivity contribution is 5.90. The molecule has 0 aliphatic heterocycles. The van der Waals surface area contributed by atoms with E-state index in [4.69, 9.17) is 18.9 Å². The molecule has 2 aromatic carbocycles. The number of ether oxygens (including phenoxy) is 4. The Bertz CT molecular complexity index is 1140. The Morgan fingerprint density at radius 1 is 1.00 bits per heavy atom. The van der Waals surface area contributed by atoms with E-state index < -0.39 is 17.4 Å². The summed E-state index contributed by atoms with van der Waals surface area (Å²) in [6.45, 7) is 0. The molecule has 1 aliphatic carbocycles. The molecule has 3 rings (SSSR count). The Labute approximate surface area is 192 Å². The normalized spacial score (nSPS) is 14.2. The second kappa shape index (κ2) is 9.81. The molecule has 0 heterocycles. The van der Waals surface area contributed by atoms with Gasteiger partial charge in [-0.25, -0.2) is 9.59 Å². The molecule has 0 saturated carbocycles. The van der Waals surface area contributed by atoms with E-state index in [2.05, 4.69) is 5.32 Å². The third kappa shape index (κ3) is 4.44. The summed E-state index contributed by atoms with van der Waals surface area (Å²) < 4.78 is 21.6. The number of nitrogens with one attached hydrogen (secondary N) is 1. The van der Waals surface area contributed by atoms with Crippen molar-refractivity contribution in [3.05, 3.63) is 51.2 Å². The van der Waals surface area contributed by atoms with Crippen molar-refractivity contribution in [2.75, 3.05) is 42.5 Å². The van der Waals surface area contributed by atoms with E-state index in [0.717, 1.165) is 5.56 Å². The number of hydrogen-bond acceptors (Lipinski definition) is 7. The fraction of sp³-hybridized carbons (Fsp3) is 0.375. The molecule has 2 amide bonds. The highest BCUT2D eigenvalue weighted by Gasteiger charge is 2.30. The molecular weight excluding hydrogens is 428 g/mol. The third-order valence-corrected chi connectivity index (χ3v) is 5.65. The minimum absolute atomic E-state index is 0.107. The number of esters is 1. The number of fused-ring (bicyclic) bond motifs is 3. The lowest BCUT2D eigenvalue weighted by atomic mass is 9.95. The van der Waals surface area contributed by atoms with E-state index in [1.165, 1.54) is 38.4 Å². The number of amides is 2. The van der Waals surface area contributed by atoms with E-state index in [0.29, 0.717) is 46.8 Å². The van der Waals surface area contributed by atoms with Crippen LogP contribution >= 0.6 is 0 Å². The maximum absolute atomic E-state index is 13.0. The summed E-state index contributed by atoms with van der Waals surface area (Å²) in [5.41, 5.74) is 2.19. The first-order valence-electron chi connectivity index (χ1n) is 10.3. The van der Waals surface area contributed by atoms with Crippen LogP contribution < -0.4 is 25.0 Å². The molecular formula is C24H28N2O7. The number of aryl methyl sites for hydroxylation is 1. The van der Waals surface area contributed by atoms with Gasteiger partial charge in [0.25, 0.3) is 0 Å². The molecule has 1 N–H and O–H groups in total. The lowest BCUT2D eigenvalue weighted by Crippen LogP contribution is -2.37. The third-order valence-electron chi connectivity index (χ3n) is 5.65. The molecule has 0 aromatic heterocycles. The number of methoxy groups -OCH3 is 4. The summed E-state index contributed by atoms with van der Waals surface area (Å²) in [5.74, 6) is 0.609. The molecule has 176 valence electrons. The Hall–Kier alpha value is -3.75. The van der Waals surface area contributed by atoms with E-state index in [9.17, 15) is 14.4 Å². The van der Waals surface area contributed by atoms with Gasteiger partial charge in [-0.15, -0.1) is 0 Å². The summed E-state index contributed by atoms with van der Waals surface area (Å²) >= 11 is 0. The van der Waals surface area contributed by atoms with Gasteiger partial charge in [0.15, 0.2) is 16.9 Å². The van der Waals surface area contributed by atoms with Gasteiger partial charge in [-0.2, -0.15) is 0 Å². The Balaban J connectivity index is 2.39. The molecule has 33 heavy (non-hydrogen) atoms. The van der Waals surface area contributed by atoms with E-state index in [1.54, 1.807) is 27.3 Å². The number of hydrogen-bond donors (Lipinski definition) is 1. The molecule has 0 bridgehead atoms. The van der Waals surface area contributed by atoms with Crippen molar-refractivity contribution >= 4 is 12.0 Å². The number of urea groups is 1. The predicted molar refractivity (Wildman–Crippen MR) is 122 cm³/mol. The summed E-state index contributed by atoms with van der Waals surface area (Å²) in [6, 6.07) is 5.57. The van der Waals surface area contributed by atoms with Crippen molar-refractivity contribution in [3.63, 3.8) is 0 Å². The van der Waals surface area contributed by atoms with E-state index in [1.807, 2.05) is 6.07 Å². The number of carbonyl (C=O) groups is 2.